The first-order valence-electron chi connectivity index (χ1n) is 13.6. The first-order valence-corrected chi connectivity index (χ1v) is 13.6. The third-order valence-corrected chi connectivity index (χ3v) is 7.56. The van der Waals surface area contributed by atoms with Gasteiger partial charge in [0, 0.05) is 35.5 Å². The number of hydrogen-bond donors (Lipinski definition) is 1. The van der Waals surface area contributed by atoms with E-state index in [2.05, 4.69) is 15.1 Å². The van der Waals surface area contributed by atoms with Crippen LogP contribution in [0.5, 0.6) is 0 Å². The van der Waals surface area contributed by atoms with E-state index in [0.717, 1.165) is 58.3 Å². The number of aromatic nitrogens is 6. The Hall–Kier alpha value is -4.52. The first kappa shape index (κ1) is 27.6. The van der Waals surface area contributed by atoms with E-state index in [1.807, 2.05) is 29.1 Å². The monoisotopic (exact) mass is 579 g/mol. The lowest BCUT2D eigenvalue weighted by Crippen LogP contribution is -2.45. The van der Waals surface area contributed by atoms with E-state index >= 15 is 0 Å². The standard InChI is InChI=1S/C29H28F3N7O3/c1-17-6-5-7-22-27(17)38(28(41)37(22)16-25(40)36-18(2)29(30,31)32)24-10-9-19(12-34-24)20-13-33-15-23-21(20)14-35-39(23)26-8-3-4-11-42-26/h5-7,9-10,12-15,18,26H,3-4,8,11,16H2,1-2H3,(H,36,40). The van der Waals surface area contributed by atoms with Crippen LogP contribution in [0.2, 0.25) is 0 Å². The topological polar surface area (TPSA) is 109 Å². The number of halogens is 3. The number of hydrogen-bond acceptors (Lipinski definition) is 6. The van der Waals surface area contributed by atoms with Gasteiger partial charge < -0.3 is 10.1 Å². The van der Waals surface area contributed by atoms with Gasteiger partial charge in [-0.05, 0) is 56.9 Å². The van der Waals surface area contributed by atoms with Crippen molar-refractivity contribution in [1.82, 2.24) is 34.2 Å². The summed E-state index contributed by atoms with van der Waals surface area (Å²) in [6, 6.07) is 6.63. The summed E-state index contributed by atoms with van der Waals surface area (Å²) in [5, 5.41) is 7.38. The van der Waals surface area contributed by atoms with Crippen molar-refractivity contribution in [3.8, 4) is 16.9 Å². The highest BCUT2D eigenvalue weighted by Gasteiger charge is 2.37. The molecule has 1 aliphatic rings. The number of para-hydroxylation sites is 1. The Balaban J connectivity index is 1.36. The zero-order valence-electron chi connectivity index (χ0n) is 22.9. The third-order valence-electron chi connectivity index (χ3n) is 7.56. The molecule has 1 amide bonds. The van der Waals surface area contributed by atoms with Gasteiger partial charge in [-0.2, -0.15) is 18.3 Å². The molecule has 0 saturated carbocycles. The van der Waals surface area contributed by atoms with Crippen LogP contribution in [0, 0.1) is 6.92 Å². The van der Waals surface area contributed by atoms with Crippen LogP contribution in [0.15, 0.2) is 59.9 Å². The molecule has 0 spiro atoms. The van der Waals surface area contributed by atoms with Crippen molar-refractivity contribution in [1.29, 1.82) is 0 Å². The molecule has 1 aromatic carbocycles. The number of amides is 1. The van der Waals surface area contributed by atoms with Crippen molar-refractivity contribution in [3.05, 3.63) is 71.2 Å². The van der Waals surface area contributed by atoms with E-state index in [9.17, 15) is 22.8 Å². The van der Waals surface area contributed by atoms with Gasteiger partial charge >= 0.3 is 11.9 Å². The normalized spacial score (nSPS) is 16.6. The molecule has 1 aliphatic heterocycles. The summed E-state index contributed by atoms with van der Waals surface area (Å²) in [7, 11) is 0. The fraction of sp³-hybridized carbons (Fsp3) is 0.345. The Kier molecular flexibility index (Phi) is 7.05. The molecule has 6 rings (SSSR count). The summed E-state index contributed by atoms with van der Waals surface area (Å²) < 4.78 is 49.2. The summed E-state index contributed by atoms with van der Waals surface area (Å²) >= 11 is 0. The van der Waals surface area contributed by atoms with Gasteiger partial charge in [0.1, 0.15) is 18.4 Å². The molecular formula is C29H28F3N7O3. The fourth-order valence-corrected chi connectivity index (χ4v) is 5.36. The Bertz CT molecular complexity index is 1830. The SMILES string of the molecule is Cc1cccc2c1n(-c1ccc(-c3cncc4c3cnn4C3CCCCO3)cn1)c(=O)n2CC(=O)NC(C)C(F)(F)F. The summed E-state index contributed by atoms with van der Waals surface area (Å²) in [5.74, 6) is -0.622. The average molecular weight is 580 g/mol. The number of benzene rings is 1. The molecule has 13 heteroatoms. The van der Waals surface area contributed by atoms with Crippen molar-refractivity contribution < 1.29 is 22.7 Å². The van der Waals surface area contributed by atoms with Crippen LogP contribution in [0.4, 0.5) is 13.2 Å². The van der Waals surface area contributed by atoms with Crippen molar-refractivity contribution >= 4 is 27.8 Å². The van der Waals surface area contributed by atoms with Crippen molar-refractivity contribution in [2.45, 2.75) is 58.1 Å². The number of fused-ring (bicyclic) bond motifs is 2. The summed E-state index contributed by atoms with van der Waals surface area (Å²) in [6.45, 7) is 2.77. The molecule has 5 heterocycles. The molecule has 10 nitrogen and oxygen atoms in total. The number of carbonyl (C=O) groups excluding carboxylic acids is 1. The zero-order valence-corrected chi connectivity index (χ0v) is 22.9. The van der Waals surface area contributed by atoms with Gasteiger partial charge in [0.15, 0.2) is 6.23 Å². The second-order valence-corrected chi connectivity index (χ2v) is 10.4. The van der Waals surface area contributed by atoms with Gasteiger partial charge in [-0.3, -0.25) is 14.3 Å². The summed E-state index contributed by atoms with van der Waals surface area (Å²) in [4.78, 5) is 35.1. The molecule has 4 aromatic heterocycles. The molecule has 1 N–H and O–H groups in total. The minimum absolute atomic E-state index is 0.139. The number of nitrogens with one attached hydrogen (secondary N) is 1. The number of alkyl halides is 3. The predicted octanol–water partition coefficient (Wildman–Crippen LogP) is 4.67. The molecule has 42 heavy (non-hydrogen) atoms. The minimum atomic E-state index is -4.60. The number of carbonyl (C=O) groups is 1. The fourth-order valence-electron chi connectivity index (χ4n) is 5.36. The van der Waals surface area contributed by atoms with Crippen LogP contribution in [0.3, 0.4) is 0 Å². The van der Waals surface area contributed by atoms with Gasteiger partial charge in [0.2, 0.25) is 5.91 Å². The van der Waals surface area contributed by atoms with Crippen molar-refractivity contribution in [2.75, 3.05) is 6.61 Å². The van der Waals surface area contributed by atoms with E-state index < -0.39 is 30.4 Å². The Labute approximate surface area is 237 Å². The van der Waals surface area contributed by atoms with Crippen LogP contribution in [0.1, 0.15) is 38.0 Å². The minimum Gasteiger partial charge on any atom is -0.356 e. The molecular weight excluding hydrogens is 551 g/mol. The lowest BCUT2D eigenvalue weighted by Gasteiger charge is -2.23. The van der Waals surface area contributed by atoms with E-state index in [0.29, 0.717) is 23.5 Å². The van der Waals surface area contributed by atoms with Crippen LogP contribution in [0.25, 0.3) is 38.9 Å². The molecule has 218 valence electrons. The number of rotatable bonds is 6. The number of pyridine rings is 2. The Morgan fingerprint density at radius 3 is 2.67 bits per heavy atom. The number of nitrogens with zero attached hydrogens (tertiary/aromatic N) is 6. The van der Waals surface area contributed by atoms with Crippen LogP contribution in [-0.2, 0) is 16.1 Å². The highest BCUT2D eigenvalue weighted by molar-refractivity contribution is 5.93. The van der Waals surface area contributed by atoms with Crippen molar-refractivity contribution in [3.63, 3.8) is 0 Å². The Morgan fingerprint density at radius 2 is 1.95 bits per heavy atom. The Morgan fingerprint density at radius 1 is 1.12 bits per heavy atom. The summed E-state index contributed by atoms with van der Waals surface area (Å²) in [5.41, 5.74) is 3.49. The lowest BCUT2D eigenvalue weighted by atomic mass is 10.1. The predicted molar refractivity (Wildman–Crippen MR) is 149 cm³/mol. The average Bonchev–Trinajstić information content (AvgIpc) is 3.53. The number of imidazole rings is 1. The molecule has 0 aliphatic carbocycles. The molecule has 1 saturated heterocycles. The largest absolute Gasteiger partial charge is 0.408 e. The van der Waals surface area contributed by atoms with Gasteiger partial charge in [0.25, 0.3) is 0 Å². The maximum absolute atomic E-state index is 13.6. The van der Waals surface area contributed by atoms with E-state index in [-0.39, 0.29) is 6.23 Å². The summed E-state index contributed by atoms with van der Waals surface area (Å²) in [6.07, 6.45) is 5.14. The third kappa shape index (κ3) is 4.93. The van der Waals surface area contributed by atoms with Gasteiger partial charge in [0.05, 0.1) is 28.9 Å². The number of ether oxygens (including phenoxy) is 1. The molecule has 5 aromatic rings. The molecule has 0 bridgehead atoms. The molecule has 2 atom stereocenters. The van der Waals surface area contributed by atoms with Crippen molar-refractivity contribution in [2.24, 2.45) is 0 Å². The lowest BCUT2D eigenvalue weighted by molar-refractivity contribution is -0.158. The van der Waals surface area contributed by atoms with Gasteiger partial charge in [-0.1, -0.05) is 12.1 Å². The number of aryl methyl sites for hydroxylation is 1. The van der Waals surface area contributed by atoms with E-state index in [1.54, 1.807) is 43.0 Å². The van der Waals surface area contributed by atoms with E-state index in [1.165, 1.54) is 4.57 Å². The second-order valence-electron chi connectivity index (χ2n) is 10.4. The van der Waals surface area contributed by atoms with Crippen LogP contribution >= 0.6 is 0 Å². The molecule has 2 unspecified atom stereocenters. The van der Waals surface area contributed by atoms with Gasteiger partial charge in [-0.15, -0.1) is 0 Å². The zero-order chi connectivity index (χ0) is 29.6. The molecule has 1 fully saturated rings. The van der Waals surface area contributed by atoms with Crippen LogP contribution in [-0.4, -0.2) is 53.6 Å². The second kappa shape index (κ2) is 10.7. The van der Waals surface area contributed by atoms with Gasteiger partial charge in [-0.25, -0.2) is 19.0 Å². The maximum atomic E-state index is 13.6. The smallest absolute Gasteiger partial charge is 0.356 e. The maximum Gasteiger partial charge on any atom is 0.408 e. The highest BCUT2D eigenvalue weighted by Crippen LogP contribution is 2.31. The van der Waals surface area contributed by atoms with Crippen LogP contribution < -0.4 is 11.0 Å². The van der Waals surface area contributed by atoms with E-state index in [4.69, 9.17) is 4.74 Å². The quantitative estimate of drug-likeness (QED) is 0.313. The molecule has 0 radical (unpaired) electrons. The highest BCUT2D eigenvalue weighted by atomic mass is 19.4. The first-order chi connectivity index (χ1) is 20.1.